The van der Waals surface area contributed by atoms with E-state index in [-0.39, 0.29) is 11.3 Å². The normalized spacial score (nSPS) is 16.7. The zero-order valence-corrected chi connectivity index (χ0v) is 33.0. The second-order valence-corrected chi connectivity index (χ2v) is 16.8. The van der Waals surface area contributed by atoms with E-state index in [1.807, 2.05) is 6.20 Å². The van der Waals surface area contributed by atoms with Gasteiger partial charge >= 0.3 is 0 Å². The van der Waals surface area contributed by atoms with E-state index in [1.165, 1.54) is 27.5 Å². The van der Waals surface area contributed by atoms with Crippen molar-refractivity contribution in [2.45, 2.75) is 64.0 Å². The molecular weight excluding hydrogens is 683 g/mol. The van der Waals surface area contributed by atoms with Gasteiger partial charge in [-0.3, -0.25) is 4.98 Å². The van der Waals surface area contributed by atoms with Gasteiger partial charge in [0, 0.05) is 39.7 Å². The maximum Gasteiger partial charge on any atom is 0.217 e. The summed E-state index contributed by atoms with van der Waals surface area (Å²) in [4.78, 5) is 10.5. The van der Waals surface area contributed by atoms with E-state index < -0.39 is 11.1 Å². The minimum atomic E-state index is -0.627. The quantitative estimate of drug-likeness (QED) is 0.164. The Morgan fingerprint density at radius 2 is 1.16 bits per heavy atom. The fourth-order valence-electron chi connectivity index (χ4n) is 8.51. The number of benzene rings is 6. The average Bonchev–Trinajstić information content (AvgIpc) is 3.68. The van der Waals surface area contributed by atoms with Crippen molar-refractivity contribution in [1.82, 2.24) is 9.55 Å². The van der Waals surface area contributed by atoms with Gasteiger partial charge in [-0.25, -0.2) is 4.99 Å². The molecule has 276 valence electrons. The number of aliphatic imine (C=N–C) groups is 1. The van der Waals surface area contributed by atoms with Crippen LogP contribution in [0.15, 0.2) is 175 Å². The summed E-state index contributed by atoms with van der Waals surface area (Å²) in [5, 5.41) is 2.40. The first kappa shape index (κ1) is 35.4. The van der Waals surface area contributed by atoms with Gasteiger partial charge in [0.15, 0.2) is 0 Å². The van der Waals surface area contributed by atoms with Crippen molar-refractivity contribution in [2.75, 3.05) is 0 Å². The van der Waals surface area contributed by atoms with Gasteiger partial charge in [-0.1, -0.05) is 142 Å². The number of hydrogen-bond acceptors (Lipinski definition) is 3. The predicted molar refractivity (Wildman–Crippen MR) is 233 cm³/mol. The van der Waals surface area contributed by atoms with Crippen molar-refractivity contribution in [3.05, 3.63) is 192 Å². The van der Waals surface area contributed by atoms with Gasteiger partial charge in [0.1, 0.15) is 11.1 Å². The second-order valence-electron chi connectivity index (χ2n) is 16.8. The van der Waals surface area contributed by atoms with E-state index in [0.29, 0.717) is 5.90 Å². The first-order valence-electron chi connectivity index (χ1n) is 19.6. The summed E-state index contributed by atoms with van der Waals surface area (Å²) in [5.74, 6) is 0.619. The fraction of sp³-hybridized carbons (Fsp3) is 0.192. The van der Waals surface area contributed by atoms with Gasteiger partial charge < -0.3 is 9.30 Å². The monoisotopic (exact) mass is 729 g/mol. The van der Waals surface area contributed by atoms with Crippen molar-refractivity contribution >= 4 is 27.7 Å². The molecule has 6 aromatic carbocycles. The van der Waals surface area contributed by atoms with Crippen LogP contribution in [0.5, 0.6) is 0 Å². The van der Waals surface area contributed by atoms with Gasteiger partial charge in [-0.15, -0.1) is 0 Å². The van der Waals surface area contributed by atoms with Crippen LogP contribution in [0.25, 0.3) is 49.9 Å². The molecule has 0 spiro atoms. The summed E-state index contributed by atoms with van der Waals surface area (Å²) in [7, 11) is 0. The van der Waals surface area contributed by atoms with Gasteiger partial charge in [-0.2, -0.15) is 0 Å². The molecule has 0 N–H and O–H groups in total. The van der Waals surface area contributed by atoms with Crippen molar-refractivity contribution in [3.63, 3.8) is 0 Å². The number of pyridine rings is 1. The van der Waals surface area contributed by atoms with E-state index in [0.717, 1.165) is 44.7 Å². The summed E-state index contributed by atoms with van der Waals surface area (Å²) in [6.07, 6.45) is 1.93. The highest BCUT2D eigenvalue weighted by atomic mass is 16.5. The molecule has 0 bridgehead atoms. The Morgan fingerprint density at radius 3 is 1.84 bits per heavy atom. The summed E-state index contributed by atoms with van der Waals surface area (Å²) in [5.41, 5.74) is 11.0. The minimum Gasteiger partial charge on any atom is -0.469 e. The Morgan fingerprint density at radius 1 is 0.554 bits per heavy atom. The molecule has 1 aliphatic rings. The molecule has 9 rings (SSSR count). The Hall–Kier alpha value is -6.26. The standard InChI is InChI=1S/C52H47N3O/c1-50(2,3)41-28-29-53-45(34-41)38-26-27-44-43-24-16-17-25-46(43)55(47(44)33-38)42-31-39(35-18-10-7-11-19-35)30-40(32-42)49-54-52(6,51(4,5)56-49)48(36-20-12-8-13-21-36)37-22-14-9-15-23-37/h7-34,48H,1-6H3/t52-/m1/s1. The number of para-hydroxylation sites is 1. The van der Waals surface area contributed by atoms with E-state index in [2.05, 4.69) is 210 Å². The van der Waals surface area contributed by atoms with Crippen LogP contribution in [0.1, 0.15) is 69.7 Å². The number of rotatable bonds is 7. The highest BCUT2D eigenvalue weighted by Crippen LogP contribution is 2.50. The number of hydrogen-bond donors (Lipinski definition) is 0. The van der Waals surface area contributed by atoms with E-state index in [4.69, 9.17) is 14.7 Å². The zero-order chi connectivity index (χ0) is 38.7. The number of nitrogens with zero attached hydrogens (tertiary/aromatic N) is 3. The fourth-order valence-corrected chi connectivity index (χ4v) is 8.51. The summed E-state index contributed by atoms with van der Waals surface area (Å²) < 4.78 is 9.46. The minimum absolute atomic E-state index is 0.0167. The third kappa shape index (κ3) is 6.10. The lowest BCUT2D eigenvalue weighted by atomic mass is 9.69. The molecule has 4 nitrogen and oxygen atoms in total. The van der Waals surface area contributed by atoms with Crippen LogP contribution in [0, 0.1) is 0 Å². The molecule has 1 atom stereocenters. The SMILES string of the molecule is CC(C)(C)c1ccnc(-c2ccc3c4ccccc4n(-c4cc(C5=N[C@](C)(C(c6ccccc6)c6ccccc6)C(C)(C)O5)cc(-c5ccccc5)c4)c3c2)c1. The smallest absolute Gasteiger partial charge is 0.217 e. The van der Waals surface area contributed by atoms with Gasteiger partial charge in [-0.05, 0) is 96.5 Å². The Bertz CT molecular complexity index is 2700. The van der Waals surface area contributed by atoms with Crippen molar-refractivity contribution < 1.29 is 4.74 Å². The maximum absolute atomic E-state index is 7.06. The van der Waals surface area contributed by atoms with Gasteiger partial charge in [0.05, 0.1) is 16.7 Å². The summed E-state index contributed by atoms with van der Waals surface area (Å²) in [6.45, 7) is 13.4. The molecule has 3 heterocycles. The highest BCUT2D eigenvalue weighted by Gasteiger charge is 2.55. The summed E-state index contributed by atoms with van der Waals surface area (Å²) >= 11 is 0. The first-order valence-corrected chi connectivity index (χ1v) is 19.6. The molecule has 0 saturated heterocycles. The maximum atomic E-state index is 7.06. The molecule has 56 heavy (non-hydrogen) atoms. The third-order valence-corrected chi connectivity index (χ3v) is 11.9. The lowest BCUT2D eigenvalue weighted by molar-refractivity contribution is 0.0453. The van der Waals surface area contributed by atoms with Crippen LogP contribution >= 0.6 is 0 Å². The first-order chi connectivity index (χ1) is 27.0. The van der Waals surface area contributed by atoms with Crippen LogP contribution in [-0.4, -0.2) is 26.6 Å². The van der Waals surface area contributed by atoms with Crippen molar-refractivity contribution in [1.29, 1.82) is 0 Å². The van der Waals surface area contributed by atoms with Gasteiger partial charge in [0.25, 0.3) is 0 Å². The lowest BCUT2D eigenvalue weighted by Gasteiger charge is -2.41. The van der Waals surface area contributed by atoms with Crippen LogP contribution in [0.2, 0.25) is 0 Å². The molecular formula is C52H47N3O. The van der Waals surface area contributed by atoms with Crippen LogP contribution in [-0.2, 0) is 10.2 Å². The molecule has 0 amide bonds. The van der Waals surface area contributed by atoms with Gasteiger partial charge in [0.2, 0.25) is 5.90 Å². The molecule has 4 heteroatoms. The van der Waals surface area contributed by atoms with E-state index in [9.17, 15) is 0 Å². The lowest BCUT2D eigenvalue weighted by Crippen LogP contribution is -2.49. The molecule has 0 aliphatic carbocycles. The average molecular weight is 730 g/mol. The van der Waals surface area contributed by atoms with Crippen molar-refractivity contribution in [2.24, 2.45) is 4.99 Å². The highest BCUT2D eigenvalue weighted by molar-refractivity contribution is 6.10. The Kier molecular flexibility index (Phi) is 8.54. The van der Waals surface area contributed by atoms with E-state index >= 15 is 0 Å². The third-order valence-electron chi connectivity index (χ3n) is 11.9. The van der Waals surface area contributed by atoms with Crippen LogP contribution in [0.4, 0.5) is 0 Å². The molecule has 8 aromatic rings. The molecule has 2 aromatic heterocycles. The summed E-state index contributed by atoms with van der Waals surface area (Å²) in [6, 6.07) is 58.7. The number of aromatic nitrogens is 2. The van der Waals surface area contributed by atoms with Crippen LogP contribution in [0.3, 0.4) is 0 Å². The van der Waals surface area contributed by atoms with Crippen molar-refractivity contribution in [3.8, 4) is 28.1 Å². The molecule has 1 aliphatic heterocycles. The predicted octanol–water partition coefficient (Wildman–Crippen LogP) is 13.0. The molecule has 0 radical (unpaired) electrons. The Balaban J connectivity index is 1.26. The largest absolute Gasteiger partial charge is 0.469 e. The molecule has 0 saturated carbocycles. The Labute approximate surface area is 330 Å². The number of fused-ring (bicyclic) bond motifs is 3. The topological polar surface area (TPSA) is 39.4 Å². The molecule has 0 unspecified atom stereocenters. The second kappa shape index (κ2) is 13.5. The zero-order valence-electron chi connectivity index (χ0n) is 33.0. The van der Waals surface area contributed by atoms with Crippen LogP contribution < -0.4 is 0 Å². The molecule has 0 fully saturated rings. The van der Waals surface area contributed by atoms with E-state index in [1.54, 1.807) is 0 Å². The number of ether oxygens (including phenoxy) is 1.